The number of nitrogens with one attached hydrogen (secondary N) is 2. The van der Waals surface area contributed by atoms with Crippen molar-refractivity contribution in [3.63, 3.8) is 0 Å². The number of amides is 2. The van der Waals surface area contributed by atoms with Crippen molar-refractivity contribution < 1.29 is 70.7 Å². The van der Waals surface area contributed by atoms with Crippen molar-refractivity contribution in [1.82, 2.24) is 15.5 Å². The number of ketones is 5. The number of fused-ring (bicyclic) bond motifs is 1. The van der Waals surface area contributed by atoms with Crippen LogP contribution in [0.2, 0.25) is 0 Å². The van der Waals surface area contributed by atoms with Crippen LogP contribution in [-0.4, -0.2) is 138 Å². The molecule has 2 fully saturated rings. The number of benzene rings is 1. The Hall–Kier alpha value is -5.15. The molecule has 2 amide bonds. The molecule has 0 radical (unpaired) electrons. The molecule has 0 spiro atoms. The predicted molar refractivity (Wildman–Crippen MR) is 588 cm³/mol. The van der Waals surface area contributed by atoms with E-state index in [1.54, 1.807) is 25.0 Å². The Balaban J connectivity index is -0.000000277. The van der Waals surface area contributed by atoms with E-state index in [0.29, 0.717) is 78.3 Å². The highest BCUT2D eigenvalue weighted by Crippen LogP contribution is 2.36. The number of carboxylic acid groups (broad SMARTS) is 1. The van der Waals surface area contributed by atoms with Crippen LogP contribution >= 0.6 is 0 Å². The maximum absolute atomic E-state index is 11.9. The molecule has 1 aromatic carbocycles. The molecular weight excluding hydrogens is 1750 g/mol. The van der Waals surface area contributed by atoms with E-state index in [1.807, 2.05) is 111 Å². The summed E-state index contributed by atoms with van der Waals surface area (Å²) in [7, 11) is -4.50. The second kappa shape index (κ2) is 87.3. The van der Waals surface area contributed by atoms with Gasteiger partial charge in [-0.3, -0.25) is 53.0 Å². The number of rotatable bonds is 51. The molecule has 20 heteroatoms. The van der Waals surface area contributed by atoms with Crippen LogP contribution in [0.5, 0.6) is 0 Å². The molecule has 2 aliphatic heterocycles. The Bertz CT molecular complexity index is 3380. The highest BCUT2D eigenvalue weighted by atomic mass is 32.2. The fraction of sp³-hybridized carbons (Fsp3) is 0.847. The summed E-state index contributed by atoms with van der Waals surface area (Å²) in [6.45, 7) is 91.4. The van der Waals surface area contributed by atoms with E-state index < -0.39 is 33.0 Å². The van der Waals surface area contributed by atoms with Gasteiger partial charge in [-0.1, -0.05) is 389 Å². The lowest BCUT2D eigenvalue weighted by Gasteiger charge is -2.31. The third-order valence-electron chi connectivity index (χ3n) is 23.3. The average Bonchev–Trinajstić information content (AvgIpc) is 1.41. The maximum Gasteiger partial charge on any atom is 0.308 e. The fourth-order valence-corrected chi connectivity index (χ4v) is 15.4. The summed E-state index contributed by atoms with van der Waals surface area (Å²) in [5, 5.41) is 14.3. The first kappa shape index (κ1) is 146. The van der Waals surface area contributed by atoms with Gasteiger partial charge in [0.25, 0.3) is 0 Å². The smallest absolute Gasteiger partial charge is 0.308 e. The molecule has 0 aromatic heterocycles. The van der Waals surface area contributed by atoms with E-state index in [2.05, 4.69) is 201 Å². The Morgan fingerprint density at radius 2 is 0.913 bits per heavy atom. The number of allylic oxidation sites excluding steroid dienone is 1. The van der Waals surface area contributed by atoms with Crippen LogP contribution in [-0.2, 0) is 69.3 Å². The van der Waals surface area contributed by atoms with E-state index in [0.717, 1.165) is 101 Å². The van der Waals surface area contributed by atoms with E-state index >= 15 is 0 Å². The van der Waals surface area contributed by atoms with Gasteiger partial charge < -0.3 is 29.8 Å². The van der Waals surface area contributed by atoms with Gasteiger partial charge >= 0.3 is 11.9 Å². The van der Waals surface area contributed by atoms with Crippen molar-refractivity contribution in [2.45, 2.75) is 506 Å². The quantitative estimate of drug-likeness (QED) is 0.0180. The van der Waals surface area contributed by atoms with Gasteiger partial charge in [-0.15, -0.1) is 0 Å². The number of carbonyl (C=O) groups excluding carboxylic acids is 8. The van der Waals surface area contributed by atoms with Gasteiger partial charge in [-0.05, 0) is 161 Å². The summed E-state index contributed by atoms with van der Waals surface area (Å²) in [5.41, 5.74) is 7.58. The van der Waals surface area contributed by atoms with E-state index in [4.69, 9.17) is 19.6 Å². The van der Waals surface area contributed by atoms with Gasteiger partial charge in [0.1, 0.15) is 38.5 Å². The zero-order valence-corrected chi connectivity index (χ0v) is 98.5. The largest absolute Gasteiger partial charge is 0.747 e. The molecule has 1 aromatic rings. The number of nitrogens with zero attached hydrogens (tertiary/aromatic N) is 2. The number of ether oxygens (including phenoxy) is 2. The van der Waals surface area contributed by atoms with Crippen LogP contribution in [0.4, 0.5) is 0 Å². The number of hydrogen-bond donors (Lipinski definition) is 3. The van der Waals surface area contributed by atoms with Gasteiger partial charge in [-0.25, -0.2) is 8.42 Å². The Labute approximate surface area is 853 Å². The minimum Gasteiger partial charge on any atom is -0.747 e. The van der Waals surface area contributed by atoms with Crippen LogP contribution in [0.1, 0.15) is 488 Å². The topological polar surface area (TPSA) is 289 Å². The van der Waals surface area contributed by atoms with Crippen LogP contribution in [0.3, 0.4) is 0 Å². The van der Waals surface area contributed by atoms with Crippen molar-refractivity contribution in [3.05, 3.63) is 46.5 Å². The lowest BCUT2D eigenvalue weighted by atomic mass is 9.77. The summed E-state index contributed by atoms with van der Waals surface area (Å²) in [5.74, 6) is 7.13. The van der Waals surface area contributed by atoms with E-state index in [-0.39, 0.29) is 102 Å². The number of unbranched alkanes of at least 4 members (excludes halogenated alkanes) is 5. The van der Waals surface area contributed by atoms with Crippen molar-refractivity contribution in [2.75, 3.05) is 32.8 Å². The molecule has 4 unspecified atom stereocenters. The van der Waals surface area contributed by atoms with Crippen molar-refractivity contribution >= 4 is 68.5 Å². The van der Waals surface area contributed by atoms with Crippen LogP contribution in [0.15, 0.2) is 40.4 Å². The number of aliphatic carboxylic acids is 1. The first-order valence-corrected chi connectivity index (χ1v) is 56.4. The molecule has 0 bridgehead atoms. The molecule has 1 aliphatic carbocycles. The monoisotopic (exact) mass is 1970 g/mol. The zero-order valence-electron chi connectivity index (χ0n) is 97.7. The fourth-order valence-electron chi connectivity index (χ4n) is 14.4. The number of likely N-dealkylation sites (tertiary alicyclic amines) is 1. The highest BCUT2D eigenvalue weighted by Gasteiger charge is 2.40. The van der Waals surface area contributed by atoms with Crippen LogP contribution in [0, 0.1) is 112 Å². The molecule has 138 heavy (non-hydrogen) atoms. The summed E-state index contributed by atoms with van der Waals surface area (Å²) in [6.07, 6.45) is 29.6. The molecule has 1 saturated heterocycles. The van der Waals surface area contributed by atoms with Crippen molar-refractivity contribution in [2.24, 2.45) is 117 Å². The summed E-state index contributed by atoms with van der Waals surface area (Å²) in [4.78, 5) is 108. The first-order chi connectivity index (χ1) is 63.7. The molecule has 2 heterocycles. The Morgan fingerprint density at radius 3 is 1.28 bits per heavy atom. The second-order valence-electron chi connectivity index (χ2n) is 46.4. The lowest BCUT2D eigenvalue weighted by molar-refractivity contribution is -0.151. The average molecular weight is 1970 g/mol. The number of hydrogen-bond acceptors (Lipinski definition) is 17. The maximum atomic E-state index is 11.9. The van der Waals surface area contributed by atoms with Gasteiger partial charge in [-0.2, -0.15) is 0 Å². The number of carbonyl (C=O) groups is 9. The Morgan fingerprint density at radius 1 is 0.478 bits per heavy atom. The third kappa shape index (κ3) is 89.7. The summed E-state index contributed by atoms with van der Waals surface area (Å²) >= 11 is 0. The van der Waals surface area contributed by atoms with Crippen molar-refractivity contribution in [3.8, 4) is 0 Å². The molecule has 814 valence electrons. The number of carboxylic acids is 1. The summed E-state index contributed by atoms with van der Waals surface area (Å²) in [6, 6.07) is 9.91. The van der Waals surface area contributed by atoms with E-state index in [1.165, 1.54) is 131 Å². The number of aliphatic imine (C=N–C) groups is 1. The lowest BCUT2D eigenvalue weighted by Crippen LogP contribution is -2.34. The predicted octanol–water partition coefficient (Wildman–Crippen LogP) is 30.4. The van der Waals surface area contributed by atoms with Gasteiger partial charge in [0, 0.05) is 124 Å². The molecule has 4 rings (SSSR count). The number of esters is 1. The van der Waals surface area contributed by atoms with Gasteiger partial charge in [0.05, 0.1) is 24.5 Å². The molecule has 3 N–H and O–H groups in total. The second-order valence-corrected chi connectivity index (χ2v) is 47.9. The van der Waals surface area contributed by atoms with Crippen LogP contribution in [0.25, 0.3) is 0 Å². The highest BCUT2D eigenvalue weighted by molar-refractivity contribution is 7.87. The van der Waals surface area contributed by atoms with Crippen LogP contribution < -0.4 is 10.6 Å². The molecular formula is C118H225N4O15S-. The molecule has 1 saturated carbocycles. The normalized spacial score (nSPS) is 14.8. The minimum atomic E-state index is -4.50. The number of Topliss-reactive ketones (excluding diaryl/α,β-unsaturated/α-hetero) is 5. The molecule has 19 nitrogen and oxygen atoms in total. The molecule has 3 aliphatic rings. The number of imide groups is 1. The minimum absolute atomic E-state index is 0.00704. The Kier molecular flexibility index (Phi) is 92.2. The summed E-state index contributed by atoms with van der Waals surface area (Å²) < 4.78 is 43.2. The van der Waals surface area contributed by atoms with Crippen molar-refractivity contribution in [1.29, 1.82) is 0 Å². The van der Waals surface area contributed by atoms with Gasteiger partial charge in [0.2, 0.25) is 11.8 Å². The first-order valence-electron chi connectivity index (χ1n) is 55.0. The SMILES string of the molecule is CC(C)C.CC(C)C(=O)CCN1C(=O)CC(C(C)C)C1=O.CC(C)CC(=O)C(C)C.CC(C)CCC(C(=O)C(C)C)S(=O)(=O)[O-].CC(C)CCCCC(=O)C(C)C.CC(C)CCCCCC(CC(C)C)C(=O)O.CC(C)CCCCOCCCCC(C)C.CC(C)NCCC(=O)C(C)C.CC(C)NCc1ccc(C(C)C)cc1.CC(C)OC(=O)C(C)C.CC1=C2CCCCCCC2C(C(C)C)=NC1. The zero-order chi connectivity index (χ0) is 108. The number of dihydropyridines is 1. The third-order valence-corrected chi connectivity index (χ3v) is 24.5. The van der Waals surface area contributed by atoms with Gasteiger partial charge in [0.15, 0.2) is 5.78 Å². The van der Waals surface area contributed by atoms with E-state index in [9.17, 15) is 56.1 Å². The molecule has 4 atom stereocenters. The standard InChI is InChI=1S/C15H25N.C14H28O2.C14H30O.C13H21NO3.C13H21N.C11H22O.C10H20O4S.C9H19NO.C8H16O.C7H14O2.C4H10/c1-11(2)15-14-9-7-5-4-6-8-13(14)12(3)10-16-15;1-11(2)8-6-5-7-9-13(14(15)16)10-12(3)4;1-13(2)9-5-7-11-15-12-8-6-10-14(3)4;1-8(2)10-7-12(16)14(13(10)17)6-5-11(15)9(3)4;1-10(2)13-7-5-12(6-8-13)9-14-11(3)4;1-9(2)7-5-6-8-11(12)10(3)4;1-7(2)5-6-9(15(12,13)14)10(11)8(3)4;1-7(2)9(11)5-6-10-8(3)4;1-6(2)5-8(9)7(3)4;1-5(2)7(8)9-6(3)4;1-4(2)3/h11,14H,4-10H2,1-3H3;11-13H,5-10H2,1-4H3,(H,15,16);13-14H,5-12H2,1-4H3;8-10H,5-7H2,1-4H3;5-8,10-11,14H,9H2,1-4H3;9-10H,5-8H2,1-4H3;7-9H,5-6H2,1-4H3,(H,12,13,14);7-8,10H,5-6H2,1-4H3;6-7H,5H2,1-4H3;5-6H,1-4H3;4H,1-3H3/p-1.